The molecule has 1 aromatic rings. The van der Waals surface area contributed by atoms with Crippen LogP contribution in [0.1, 0.15) is 56.8 Å². The van der Waals surface area contributed by atoms with Gasteiger partial charge in [-0.3, -0.25) is 9.79 Å². The standard InChI is InChI=1S/C21H24F2N2O4S.C2H6.2CH2O/c1-13-12-14(6-5-9-17(22)23)10-11-18(27)29-19(13)25-21(24-2)30-20(28)15-7-3-4-8-16(15)26;3*1-2/h3-4,7-8,10-11,14,17,26H,5-6,9,12H2,1-2H3,(H,24,25);1-2H3;2*1H2/b11-10?,19-13-;;;. The Morgan fingerprint density at radius 1 is 1.25 bits per heavy atom. The highest BCUT2D eigenvalue weighted by Gasteiger charge is 2.20. The second kappa shape index (κ2) is 21.0. The first-order valence-corrected chi connectivity index (χ1v) is 11.8. The Balaban J connectivity index is 0. The van der Waals surface area contributed by atoms with Crippen molar-refractivity contribution in [2.45, 2.75) is 52.9 Å². The number of aliphatic imine (C=N–C) groups is 1. The van der Waals surface area contributed by atoms with E-state index < -0.39 is 17.5 Å². The Morgan fingerprint density at radius 3 is 2.42 bits per heavy atom. The molecule has 8 nitrogen and oxygen atoms in total. The summed E-state index contributed by atoms with van der Waals surface area (Å²) in [5, 5.41) is 12.5. The van der Waals surface area contributed by atoms with Gasteiger partial charge in [0.25, 0.3) is 0 Å². The van der Waals surface area contributed by atoms with Gasteiger partial charge in [-0.15, -0.1) is 0 Å². The Bertz CT molecular complexity index is 904. The van der Waals surface area contributed by atoms with Crippen LogP contribution in [-0.4, -0.2) is 48.4 Å². The van der Waals surface area contributed by atoms with Gasteiger partial charge in [0.1, 0.15) is 19.3 Å². The number of carbonyl (C=O) groups is 4. The number of para-hydroxylation sites is 1. The highest BCUT2D eigenvalue weighted by atomic mass is 32.2. The van der Waals surface area contributed by atoms with Crippen molar-refractivity contribution in [2.24, 2.45) is 10.9 Å². The zero-order valence-electron chi connectivity index (χ0n) is 21.0. The monoisotopic (exact) mass is 528 g/mol. The number of phenolic OH excluding ortho intramolecular Hbond substituents is 1. The lowest BCUT2D eigenvalue weighted by Crippen LogP contribution is -2.26. The van der Waals surface area contributed by atoms with Crippen LogP contribution in [0, 0.1) is 5.92 Å². The van der Waals surface area contributed by atoms with Gasteiger partial charge in [0.05, 0.1) is 5.56 Å². The van der Waals surface area contributed by atoms with Gasteiger partial charge in [-0.05, 0) is 61.6 Å². The van der Waals surface area contributed by atoms with Crippen molar-refractivity contribution in [1.82, 2.24) is 5.32 Å². The highest BCUT2D eigenvalue weighted by molar-refractivity contribution is 8.26. The number of ether oxygens (including phenoxy) is 1. The van der Waals surface area contributed by atoms with Crippen LogP contribution in [-0.2, 0) is 19.1 Å². The summed E-state index contributed by atoms with van der Waals surface area (Å²) in [5.74, 6) is -0.676. The van der Waals surface area contributed by atoms with Crippen LogP contribution in [0.15, 0.2) is 52.9 Å². The lowest BCUT2D eigenvalue weighted by Gasteiger charge is -2.20. The molecule has 1 heterocycles. The Morgan fingerprint density at radius 2 is 1.86 bits per heavy atom. The first-order chi connectivity index (χ1) is 17.3. The van der Waals surface area contributed by atoms with Crippen LogP contribution < -0.4 is 5.32 Å². The summed E-state index contributed by atoms with van der Waals surface area (Å²) in [4.78, 5) is 44.5. The van der Waals surface area contributed by atoms with Crippen LogP contribution in [0.4, 0.5) is 8.78 Å². The van der Waals surface area contributed by atoms with Gasteiger partial charge >= 0.3 is 5.97 Å². The first-order valence-electron chi connectivity index (χ1n) is 11.0. The fraction of sp³-hybridized carbons (Fsp3) is 0.400. The van der Waals surface area contributed by atoms with Crippen molar-refractivity contribution in [3.8, 4) is 5.75 Å². The molecule has 0 amide bonds. The number of carbonyl (C=O) groups excluding carboxylic acids is 4. The van der Waals surface area contributed by atoms with E-state index >= 15 is 0 Å². The normalized spacial score (nSPS) is 17.0. The van der Waals surface area contributed by atoms with E-state index in [2.05, 4.69) is 10.3 Å². The predicted octanol–water partition coefficient (Wildman–Crippen LogP) is 5.28. The minimum atomic E-state index is -2.34. The molecular weight excluding hydrogens is 494 g/mol. The van der Waals surface area contributed by atoms with Gasteiger partial charge < -0.3 is 24.7 Å². The second-order valence-electron chi connectivity index (χ2n) is 6.74. The minimum absolute atomic E-state index is 0.0778. The minimum Gasteiger partial charge on any atom is -0.507 e. The number of nitrogens with one attached hydrogen (secondary N) is 1. The lowest BCUT2D eigenvalue weighted by molar-refractivity contribution is -0.134. The van der Waals surface area contributed by atoms with E-state index in [1.165, 1.54) is 25.3 Å². The van der Waals surface area contributed by atoms with Gasteiger partial charge in [0.2, 0.25) is 17.4 Å². The topological polar surface area (TPSA) is 122 Å². The van der Waals surface area contributed by atoms with Crippen molar-refractivity contribution >= 4 is 41.6 Å². The molecule has 200 valence electrons. The Kier molecular flexibility index (Phi) is 20.3. The van der Waals surface area contributed by atoms with Crippen molar-refractivity contribution in [2.75, 3.05) is 7.05 Å². The third kappa shape index (κ3) is 13.5. The molecule has 0 radical (unpaired) electrons. The summed E-state index contributed by atoms with van der Waals surface area (Å²) < 4.78 is 30.1. The summed E-state index contributed by atoms with van der Waals surface area (Å²) in [5.41, 5.74) is 0.833. The number of cyclic esters (lactones) is 1. The number of alkyl halides is 2. The molecule has 2 rings (SSSR count). The first kappa shape index (κ1) is 34.8. The van der Waals surface area contributed by atoms with Gasteiger partial charge in [-0.25, -0.2) is 13.6 Å². The maximum absolute atomic E-state index is 12.5. The number of hydrogen-bond donors (Lipinski definition) is 2. The van der Waals surface area contributed by atoms with E-state index in [9.17, 15) is 23.5 Å². The summed E-state index contributed by atoms with van der Waals surface area (Å²) in [6.45, 7) is 9.76. The molecule has 36 heavy (non-hydrogen) atoms. The predicted molar refractivity (Wildman–Crippen MR) is 138 cm³/mol. The molecule has 0 saturated heterocycles. The molecule has 0 fully saturated rings. The largest absolute Gasteiger partial charge is 0.507 e. The van der Waals surface area contributed by atoms with Crippen molar-refractivity contribution in [1.29, 1.82) is 0 Å². The van der Waals surface area contributed by atoms with E-state index in [1.807, 2.05) is 27.4 Å². The van der Waals surface area contributed by atoms with Crippen molar-refractivity contribution < 1.29 is 37.8 Å². The third-order valence-corrected chi connectivity index (χ3v) is 5.28. The van der Waals surface area contributed by atoms with Gasteiger partial charge in [0, 0.05) is 19.5 Å². The van der Waals surface area contributed by atoms with Crippen LogP contribution in [0.3, 0.4) is 0 Å². The second-order valence-corrected chi connectivity index (χ2v) is 7.70. The summed E-state index contributed by atoms with van der Waals surface area (Å²) in [6.07, 6.45) is 1.82. The van der Waals surface area contributed by atoms with Crippen molar-refractivity contribution in [3.63, 3.8) is 0 Å². The number of rotatable bonds is 6. The smallest absolute Gasteiger partial charge is 0.337 e. The average molecular weight is 529 g/mol. The van der Waals surface area contributed by atoms with Crippen LogP contribution in [0.25, 0.3) is 0 Å². The molecule has 0 bridgehead atoms. The van der Waals surface area contributed by atoms with Gasteiger partial charge in [0.15, 0.2) is 5.17 Å². The van der Waals surface area contributed by atoms with E-state index in [-0.39, 0.29) is 34.7 Å². The maximum atomic E-state index is 12.5. The van der Waals surface area contributed by atoms with E-state index in [0.29, 0.717) is 24.8 Å². The molecular formula is C25H34F2N2O6S. The summed E-state index contributed by atoms with van der Waals surface area (Å²) in [6, 6.07) is 6.14. The van der Waals surface area contributed by atoms with E-state index in [4.69, 9.17) is 14.3 Å². The number of thioether (sulfide) groups is 1. The van der Waals surface area contributed by atoms with Crippen LogP contribution in [0.5, 0.6) is 5.75 Å². The van der Waals surface area contributed by atoms with Crippen LogP contribution in [0.2, 0.25) is 0 Å². The lowest BCUT2D eigenvalue weighted by atomic mass is 9.93. The summed E-state index contributed by atoms with van der Waals surface area (Å²) in [7, 11) is 1.47. The summed E-state index contributed by atoms with van der Waals surface area (Å²) >= 11 is 0.752. The maximum Gasteiger partial charge on any atom is 0.337 e. The Hall–Kier alpha value is -3.34. The molecule has 1 atom stereocenters. The number of phenols is 1. The molecule has 0 spiro atoms. The molecule has 1 aromatic carbocycles. The molecule has 0 saturated carbocycles. The van der Waals surface area contributed by atoms with E-state index in [1.54, 1.807) is 25.1 Å². The molecule has 0 aromatic heterocycles. The fourth-order valence-corrected chi connectivity index (χ4v) is 3.56. The number of allylic oxidation sites excluding steroid dienone is 2. The van der Waals surface area contributed by atoms with E-state index in [0.717, 1.165) is 11.8 Å². The quantitative estimate of drug-likeness (QED) is 0.290. The molecule has 2 N–H and O–H groups in total. The number of esters is 1. The molecule has 1 aliphatic rings. The van der Waals surface area contributed by atoms with Gasteiger partial charge in [-0.2, -0.15) is 0 Å². The zero-order chi connectivity index (χ0) is 28.1. The van der Waals surface area contributed by atoms with Crippen LogP contribution >= 0.6 is 11.8 Å². The zero-order valence-corrected chi connectivity index (χ0v) is 21.8. The number of halogens is 2. The number of amidine groups is 1. The highest BCUT2D eigenvalue weighted by Crippen LogP contribution is 2.26. The third-order valence-electron chi connectivity index (χ3n) is 4.40. The fourth-order valence-electron chi connectivity index (χ4n) is 2.87. The SMILES string of the molecule is C=O.C=O.CC.CN=C(N/C1=C(\C)CC(CCCC(F)F)C=CC(=O)O1)SC(=O)c1ccccc1O. The Labute approximate surface area is 214 Å². The molecule has 1 aliphatic heterocycles. The van der Waals surface area contributed by atoms with Crippen molar-refractivity contribution in [3.05, 3.63) is 53.4 Å². The number of nitrogens with zero attached hydrogens (tertiary/aromatic N) is 1. The molecule has 0 aliphatic carbocycles. The number of aromatic hydroxyl groups is 1. The molecule has 1 unspecified atom stereocenters. The number of benzene rings is 1. The number of hydrogen-bond acceptors (Lipinski definition) is 8. The van der Waals surface area contributed by atoms with Gasteiger partial charge in [-0.1, -0.05) is 32.1 Å². The average Bonchev–Trinajstić information content (AvgIpc) is 2.89. The molecule has 11 heteroatoms.